The van der Waals surface area contributed by atoms with Gasteiger partial charge < -0.3 is 5.73 Å². The van der Waals surface area contributed by atoms with Crippen LogP contribution < -0.4 is 5.73 Å². The van der Waals surface area contributed by atoms with E-state index < -0.39 is 0 Å². The molecule has 0 fully saturated rings. The van der Waals surface area contributed by atoms with Crippen molar-refractivity contribution in [1.82, 2.24) is 4.98 Å². The highest BCUT2D eigenvalue weighted by atomic mass is 35.5. The van der Waals surface area contributed by atoms with Crippen molar-refractivity contribution in [1.29, 1.82) is 0 Å². The quantitative estimate of drug-likeness (QED) is 0.537. The first-order valence-electron chi connectivity index (χ1n) is 8.82. The second-order valence-corrected chi connectivity index (χ2v) is 6.14. The molecule has 0 bridgehead atoms. The molecule has 1 unspecified atom stereocenters. The maximum Gasteiger partial charge on any atom is 0.0570 e. The molecule has 3 heteroatoms. The SMILES string of the molecule is Cl.NC(CCCC=C(c1ccccc1)c1ccccc1)c1ccccn1. The first-order valence-corrected chi connectivity index (χ1v) is 8.82. The van der Waals surface area contributed by atoms with Crippen LogP contribution in [0.15, 0.2) is 91.1 Å². The zero-order chi connectivity index (χ0) is 17.3. The number of nitrogens with zero attached hydrogens (tertiary/aromatic N) is 1. The molecular formula is C23H25ClN2. The third-order valence-corrected chi connectivity index (χ3v) is 4.30. The molecule has 1 aromatic heterocycles. The number of rotatable bonds is 7. The van der Waals surface area contributed by atoms with E-state index in [1.165, 1.54) is 16.7 Å². The lowest BCUT2D eigenvalue weighted by Crippen LogP contribution is -2.11. The standard InChI is InChI=1S/C23H24N2.ClH/c24-22(23-17-9-10-18-25-23)16-8-7-15-21(19-11-3-1-4-12-19)20-13-5-2-6-14-20;/h1-6,9-15,17-18,22H,7-8,16,24H2;1H. The third kappa shape index (κ3) is 5.55. The fourth-order valence-electron chi connectivity index (χ4n) is 2.97. The molecule has 0 aliphatic rings. The Bertz CT molecular complexity index is 745. The summed E-state index contributed by atoms with van der Waals surface area (Å²) >= 11 is 0. The average Bonchev–Trinajstić information content (AvgIpc) is 2.70. The normalized spacial score (nSPS) is 11.3. The van der Waals surface area contributed by atoms with Gasteiger partial charge in [0, 0.05) is 12.2 Å². The predicted octanol–water partition coefficient (Wildman–Crippen LogP) is 5.81. The van der Waals surface area contributed by atoms with Gasteiger partial charge in [-0.15, -0.1) is 12.4 Å². The van der Waals surface area contributed by atoms with E-state index in [1.807, 2.05) is 18.2 Å². The van der Waals surface area contributed by atoms with Gasteiger partial charge in [0.25, 0.3) is 0 Å². The second-order valence-electron chi connectivity index (χ2n) is 6.14. The molecule has 0 aliphatic carbocycles. The van der Waals surface area contributed by atoms with Crippen LogP contribution in [0.1, 0.15) is 42.1 Å². The molecule has 0 amide bonds. The zero-order valence-corrected chi connectivity index (χ0v) is 15.6. The summed E-state index contributed by atoms with van der Waals surface area (Å²) in [4.78, 5) is 4.35. The van der Waals surface area contributed by atoms with Crippen molar-refractivity contribution in [2.75, 3.05) is 0 Å². The van der Waals surface area contributed by atoms with Gasteiger partial charge in [-0.25, -0.2) is 0 Å². The summed E-state index contributed by atoms with van der Waals surface area (Å²) in [6, 6.07) is 27.0. The summed E-state index contributed by atoms with van der Waals surface area (Å²) in [5, 5.41) is 0. The minimum Gasteiger partial charge on any atom is -0.323 e. The molecule has 3 aromatic rings. The zero-order valence-electron chi connectivity index (χ0n) is 14.8. The van der Waals surface area contributed by atoms with Gasteiger partial charge in [-0.05, 0) is 48.1 Å². The summed E-state index contributed by atoms with van der Waals surface area (Å²) in [6.07, 6.45) is 7.11. The van der Waals surface area contributed by atoms with Crippen molar-refractivity contribution in [3.63, 3.8) is 0 Å². The average molecular weight is 365 g/mol. The molecule has 2 N–H and O–H groups in total. The molecular weight excluding hydrogens is 340 g/mol. The first-order chi connectivity index (χ1) is 12.3. The number of allylic oxidation sites excluding steroid dienone is 1. The Morgan fingerprint density at radius 2 is 1.42 bits per heavy atom. The number of hydrogen-bond donors (Lipinski definition) is 1. The largest absolute Gasteiger partial charge is 0.323 e. The van der Waals surface area contributed by atoms with Crippen LogP contribution in [0.5, 0.6) is 0 Å². The number of nitrogens with two attached hydrogens (primary N) is 1. The van der Waals surface area contributed by atoms with E-state index in [-0.39, 0.29) is 18.4 Å². The Kier molecular flexibility index (Phi) is 8.07. The van der Waals surface area contributed by atoms with Gasteiger partial charge in [-0.3, -0.25) is 4.98 Å². The van der Waals surface area contributed by atoms with E-state index in [4.69, 9.17) is 5.73 Å². The minimum atomic E-state index is 0. The summed E-state index contributed by atoms with van der Waals surface area (Å²) < 4.78 is 0. The fraction of sp³-hybridized carbons (Fsp3) is 0.174. The van der Waals surface area contributed by atoms with Crippen molar-refractivity contribution >= 4 is 18.0 Å². The van der Waals surface area contributed by atoms with Crippen LogP contribution in [0, 0.1) is 0 Å². The summed E-state index contributed by atoms with van der Waals surface area (Å²) in [5.41, 5.74) is 11.0. The van der Waals surface area contributed by atoms with E-state index in [1.54, 1.807) is 6.20 Å². The molecule has 0 spiro atoms. The van der Waals surface area contributed by atoms with Gasteiger partial charge in [0.2, 0.25) is 0 Å². The topological polar surface area (TPSA) is 38.9 Å². The Labute approximate surface area is 162 Å². The smallest absolute Gasteiger partial charge is 0.0570 e. The van der Waals surface area contributed by atoms with E-state index >= 15 is 0 Å². The van der Waals surface area contributed by atoms with Crippen LogP contribution in [0.2, 0.25) is 0 Å². The van der Waals surface area contributed by atoms with E-state index in [0.717, 1.165) is 25.0 Å². The fourth-order valence-corrected chi connectivity index (χ4v) is 2.97. The summed E-state index contributed by atoms with van der Waals surface area (Å²) in [5.74, 6) is 0. The molecule has 1 atom stereocenters. The van der Waals surface area contributed by atoms with Gasteiger partial charge in [-0.2, -0.15) is 0 Å². The van der Waals surface area contributed by atoms with Crippen LogP contribution in [-0.4, -0.2) is 4.98 Å². The molecule has 26 heavy (non-hydrogen) atoms. The number of hydrogen-bond acceptors (Lipinski definition) is 2. The van der Waals surface area contributed by atoms with Crippen molar-refractivity contribution in [2.45, 2.75) is 25.3 Å². The van der Waals surface area contributed by atoms with E-state index in [2.05, 4.69) is 71.7 Å². The highest BCUT2D eigenvalue weighted by Gasteiger charge is 2.07. The van der Waals surface area contributed by atoms with E-state index in [0.29, 0.717) is 0 Å². The lowest BCUT2D eigenvalue weighted by molar-refractivity contribution is 0.603. The van der Waals surface area contributed by atoms with Crippen LogP contribution in [-0.2, 0) is 0 Å². The minimum absolute atomic E-state index is 0. The van der Waals surface area contributed by atoms with E-state index in [9.17, 15) is 0 Å². The second kappa shape index (κ2) is 10.5. The lowest BCUT2D eigenvalue weighted by atomic mass is 9.96. The van der Waals surface area contributed by atoms with Crippen LogP contribution >= 0.6 is 12.4 Å². The number of halogens is 1. The maximum absolute atomic E-state index is 6.25. The molecule has 2 aromatic carbocycles. The molecule has 0 saturated carbocycles. The van der Waals surface area contributed by atoms with Crippen molar-refractivity contribution in [2.24, 2.45) is 5.73 Å². The van der Waals surface area contributed by atoms with Gasteiger partial charge in [0.05, 0.1) is 5.69 Å². The van der Waals surface area contributed by atoms with Crippen LogP contribution in [0.3, 0.4) is 0 Å². The monoisotopic (exact) mass is 364 g/mol. The molecule has 2 nitrogen and oxygen atoms in total. The predicted molar refractivity (Wildman–Crippen MR) is 112 cm³/mol. The highest BCUT2D eigenvalue weighted by Crippen LogP contribution is 2.24. The summed E-state index contributed by atoms with van der Waals surface area (Å²) in [6.45, 7) is 0. The Hall–Kier alpha value is -2.42. The van der Waals surface area contributed by atoms with Gasteiger partial charge in [-0.1, -0.05) is 72.8 Å². The van der Waals surface area contributed by atoms with Crippen molar-refractivity contribution in [3.8, 4) is 0 Å². The van der Waals surface area contributed by atoms with Gasteiger partial charge in [0.15, 0.2) is 0 Å². The maximum atomic E-state index is 6.25. The van der Waals surface area contributed by atoms with Gasteiger partial charge >= 0.3 is 0 Å². The van der Waals surface area contributed by atoms with Crippen LogP contribution in [0.25, 0.3) is 5.57 Å². The number of unbranched alkanes of at least 4 members (excludes halogenated alkanes) is 1. The Morgan fingerprint density at radius 1 is 0.846 bits per heavy atom. The number of pyridine rings is 1. The number of aromatic nitrogens is 1. The molecule has 134 valence electrons. The summed E-state index contributed by atoms with van der Waals surface area (Å²) in [7, 11) is 0. The first kappa shape index (κ1) is 19.9. The van der Waals surface area contributed by atoms with Crippen molar-refractivity contribution in [3.05, 3.63) is 108 Å². The highest BCUT2D eigenvalue weighted by molar-refractivity contribution is 5.85. The molecule has 0 saturated heterocycles. The molecule has 1 heterocycles. The van der Waals surface area contributed by atoms with Gasteiger partial charge in [0.1, 0.15) is 0 Å². The molecule has 0 aliphatic heterocycles. The number of benzene rings is 2. The van der Waals surface area contributed by atoms with Crippen LogP contribution in [0.4, 0.5) is 0 Å². The molecule has 3 rings (SSSR count). The third-order valence-electron chi connectivity index (χ3n) is 4.30. The lowest BCUT2D eigenvalue weighted by Gasteiger charge is -2.11. The Balaban J connectivity index is 0.00000243. The molecule has 0 radical (unpaired) electrons. The Morgan fingerprint density at radius 3 is 1.96 bits per heavy atom. The van der Waals surface area contributed by atoms with Crippen molar-refractivity contribution < 1.29 is 0 Å².